The average Bonchev–Trinajstić information content (AvgIpc) is 2.19. The zero-order valence-electron chi connectivity index (χ0n) is 7.57. The van der Waals surface area contributed by atoms with Gasteiger partial charge in [-0.3, -0.25) is 0 Å². The van der Waals surface area contributed by atoms with Crippen molar-refractivity contribution in [3.63, 3.8) is 0 Å². The third-order valence-electron chi connectivity index (χ3n) is 1.67. The minimum atomic E-state index is -0.741. The number of carboxylic acids is 1. The molecular weight excluding hydrogens is 172 g/mol. The van der Waals surface area contributed by atoms with E-state index >= 15 is 0 Å². The fourth-order valence-corrected chi connectivity index (χ4v) is 1.03. The van der Waals surface area contributed by atoms with Crippen LogP contribution in [-0.4, -0.2) is 34.5 Å². The zero-order valence-corrected chi connectivity index (χ0v) is 7.57. The van der Waals surface area contributed by atoms with Gasteiger partial charge in [0.15, 0.2) is 0 Å². The average molecular weight is 188 g/mol. The van der Waals surface area contributed by atoms with E-state index in [-0.39, 0.29) is 13.2 Å². The molecule has 0 amide bonds. The van der Waals surface area contributed by atoms with Crippen molar-refractivity contribution in [1.29, 1.82) is 0 Å². The lowest BCUT2D eigenvalue weighted by Gasteiger charge is -2.06. The third kappa shape index (κ3) is 6.31. The molecule has 0 aromatic carbocycles. The largest absolute Gasteiger partial charge is 0.478 e. The molecule has 0 radical (unpaired) electrons. The van der Waals surface area contributed by atoms with Crippen molar-refractivity contribution < 1.29 is 20.1 Å². The number of aliphatic carboxylic acids is 1. The van der Waals surface area contributed by atoms with E-state index in [2.05, 4.69) is 0 Å². The summed E-state index contributed by atoms with van der Waals surface area (Å²) < 4.78 is 0. The molecular formula is C9H16O4. The van der Waals surface area contributed by atoms with Crippen molar-refractivity contribution in [3.05, 3.63) is 11.6 Å². The van der Waals surface area contributed by atoms with Crippen molar-refractivity contribution in [2.75, 3.05) is 13.2 Å². The highest BCUT2D eigenvalue weighted by atomic mass is 16.4. The summed E-state index contributed by atoms with van der Waals surface area (Å²) in [4.78, 5) is 10.3. The van der Waals surface area contributed by atoms with Gasteiger partial charge in [-0.2, -0.15) is 0 Å². The number of allylic oxidation sites excluding steroid dienone is 1. The maximum atomic E-state index is 10.3. The fraction of sp³-hybridized carbons (Fsp3) is 0.667. The van der Waals surface area contributed by atoms with Crippen LogP contribution in [0.4, 0.5) is 0 Å². The fourth-order valence-electron chi connectivity index (χ4n) is 1.03. The topological polar surface area (TPSA) is 77.8 Å². The molecule has 0 aromatic rings. The van der Waals surface area contributed by atoms with Gasteiger partial charge < -0.3 is 15.3 Å². The third-order valence-corrected chi connectivity index (χ3v) is 1.67. The van der Waals surface area contributed by atoms with Crippen LogP contribution in [0.15, 0.2) is 11.6 Å². The molecule has 0 saturated heterocycles. The van der Waals surface area contributed by atoms with E-state index in [4.69, 9.17) is 15.3 Å². The molecule has 4 heteroatoms. The molecule has 0 aromatic heterocycles. The summed E-state index contributed by atoms with van der Waals surface area (Å²) in [5.41, 5.74) is 0.598. The van der Waals surface area contributed by atoms with Crippen molar-refractivity contribution in [2.24, 2.45) is 0 Å². The Morgan fingerprint density at radius 3 is 2.15 bits per heavy atom. The molecule has 0 unspecified atom stereocenters. The van der Waals surface area contributed by atoms with Crippen LogP contribution in [0.3, 0.4) is 0 Å². The molecule has 76 valence electrons. The van der Waals surface area contributed by atoms with E-state index in [1.807, 2.05) is 6.08 Å². The molecule has 1 aliphatic carbocycles. The first-order chi connectivity index (χ1) is 6.22. The lowest BCUT2D eigenvalue weighted by molar-refractivity contribution is -0.132. The van der Waals surface area contributed by atoms with Gasteiger partial charge in [0, 0.05) is 5.57 Å². The van der Waals surface area contributed by atoms with E-state index in [1.54, 1.807) is 0 Å². The summed E-state index contributed by atoms with van der Waals surface area (Å²) in [6, 6.07) is 0. The van der Waals surface area contributed by atoms with Crippen LogP contribution in [-0.2, 0) is 4.79 Å². The van der Waals surface area contributed by atoms with Gasteiger partial charge in [0.1, 0.15) is 0 Å². The summed E-state index contributed by atoms with van der Waals surface area (Å²) in [5.74, 6) is -0.741. The molecule has 4 nitrogen and oxygen atoms in total. The van der Waals surface area contributed by atoms with Gasteiger partial charge in [0.25, 0.3) is 0 Å². The highest BCUT2D eigenvalue weighted by Gasteiger charge is 2.08. The second-order valence-corrected chi connectivity index (χ2v) is 2.73. The Morgan fingerprint density at radius 1 is 1.31 bits per heavy atom. The predicted molar refractivity (Wildman–Crippen MR) is 48.4 cm³/mol. The molecule has 13 heavy (non-hydrogen) atoms. The van der Waals surface area contributed by atoms with Gasteiger partial charge in [0.2, 0.25) is 0 Å². The molecule has 0 heterocycles. The summed E-state index contributed by atoms with van der Waals surface area (Å²) in [5, 5.41) is 23.7. The van der Waals surface area contributed by atoms with E-state index in [0.29, 0.717) is 5.57 Å². The van der Waals surface area contributed by atoms with E-state index < -0.39 is 5.97 Å². The standard InChI is InChI=1S/C7H10O2.C2H6O2/c8-7(9)6-4-2-1-3-5-6;3-1-2-4/h4H,1-3,5H2,(H,8,9);3-4H,1-2H2. The summed E-state index contributed by atoms with van der Waals surface area (Å²) in [7, 11) is 0. The number of hydrogen-bond donors (Lipinski definition) is 3. The SMILES string of the molecule is O=C(O)C1=CCCCC1.OCCO. The van der Waals surface area contributed by atoms with Crippen molar-refractivity contribution in [2.45, 2.75) is 25.7 Å². The molecule has 0 saturated carbocycles. The molecule has 1 rings (SSSR count). The van der Waals surface area contributed by atoms with Crippen LogP contribution in [0, 0.1) is 0 Å². The Hall–Kier alpha value is -0.870. The van der Waals surface area contributed by atoms with Gasteiger partial charge >= 0.3 is 5.97 Å². The lowest BCUT2D eigenvalue weighted by atomic mass is 10.0. The monoisotopic (exact) mass is 188 g/mol. The minimum Gasteiger partial charge on any atom is -0.478 e. The van der Waals surface area contributed by atoms with Crippen LogP contribution in [0.2, 0.25) is 0 Å². The Labute approximate surface area is 77.5 Å². The van der Waals surface area contributed by atoms with Crippen molar-refractivity contribution in [3.8, 4) is 0 Å². The lowest BCUT2D eigenvalue weighted by Crippen LogP contribution is -2.03. The first kappa shape index (κ1) is 12.1. The molecule has 1 aliphatic rings. The van der Waals surface area contributed by atoms with Crippen LogP contribution in [0.5, 0.6) is 0 Å². The smallest absolute Gasteiger partial charge is 0.331 e. The first-order valence-electron chi connectivity index (χ1n) is 4.36. The van der Waals surface area contributed by atoms with Crippen LogP contribution < -0.4 is 0 Å². The Bertz CT molecular complexity index is 172. The number of hydrogen-bond acceptors (Lipinski definition) is 3. The Kier molecular flexibility index (Phi) is 7.24. The number of aliphatic hydroxyl groups is 2. The Morgan fingerprint density at radius 2 is 1.92 bits per heavy atom. The van der Waals surface area contributed by atoms with Crippen LogP contribution in [0.25, 0.3) is 0 Å². The second kappa shape index (κ2) is 7.76. The summed E-state index contributed by atoms with van der Waals surface area (Å²) >= 11 is 0. The van der Waals surface area contributed by atoms with Gasteiger partial charge in [-0.05, 0) is 25.7 Å². The number of carboxylic acid groups (broad SMARTS) is 1. The second-order valence-electron chi connectivity index (χ2n) is 2.73. The molecule has 0 bridgehead atoms. The van der Waals surface area contributed by atoms with Crippen LogP contribution >= 0.6 is 0 Å². The minimum absolute atomic E-state index is 0.125. The van der Waals surface area contributed by atoms with Gasteiger partial charge in [0.05, 0.1) is 13.2 Å². The number of carbonyl (C=O) groups is 1. The summed E-state index contributed by atoms with van der Waals surface area (Å²) in [6.07, 6.45) is 5.72. The van der Waals surface area contributed by atoms with Crippen LogP contribution in [0.1, 0.15) is 25.7 Å². The quantitative estimate of drug-likeness (QED) is 0.591. The number of rotatable bonds is 2. The first-order valence-corrected chi connectivity index (χ1v) is 4.36. The molecule has 0 aliphatic heterocycles. The zero-order chi connectivity index (χ0) is 10.1. The van der Waals surface area contributed by atoms with Gasteiger partial charge in [-0.25, -0.2) is 4.79 Å². The molecule has 0 fully saturated rings. The van der Waals surface area contributed by atoms with Crippen molar-refractivity contribution in [1.82, 2.24) is 0 Å². The van der Waals surface area contributed by atoms with Crippen molar-refractivity contribution >= 4 is 5.97 Å². The Balaban J connectivity index is 0.000000310. The highest BCUT2D eigenvalue weighted by Crippen LogP contribution is 2.16. The van der Waals surface area contributed by atoms with Gasteiger partial charge in [-0.1, -0.05) is 6.08 Å². The van der Waals surface area contributed by atoms with E-state index in [1.165, 1.54) is 0 Å². The maximum Gasteiger partial charge on any atom is 0.331 e. The predicted octanol–water partition coefficient (Wildman–Crippen LogP) is 0.542. The van der Waals surface area contributed by atoms with E-state index in [0.717, 1.165) is 25.7 Å². The maximum absolute atomic E-state index is 10.3. The molecule has 0 atom stereocenters. The van der Waals surface area contributed by atoms with Gasteiger partial charge in [-0.15, -0.1) is 0 Å². The normalized spacial score (nSPS) is 15.4. The van der Waals surface area contributed by atoms with E-state index in [9.17, 15) is 4.79 Å². The highest BCUT2D eigenvalue weighted by molar-refractivity contribution is 5.86. The number of aliphatic hydroxyl groups excluding tert-OH is 2. The summed E-state index contributed by atoms with van der Waals surface area (Å²) in [6.45, 7) is -0.250. The molecule has 0 spiro atoms. The molecule has 3 N–H and O–H groups in total.